The quantitative estimate of drug-likeness (QED) is 0.139. The smallest absolute Gasteiger partial charge is 0.337 e. The van der Waals surface area contributed by atoms with Crippen molar-refractivity contribution in [2.75, 3.05) is 30.9 Å². The Morgan fingerprint density at radius 2 is 1.71 bits per heavy atom. The first kappa shape index (κ1) is 39.2. The molecule has 0 unspecified atom stereocenters. The van der Waals surface area contributed by atoms with Gasteiger partial charge in [0, 0.05) is 43.9 Å². The number of nitrogens with zero attached hydrogens (tertiary/aromatic N) is 1. The summed E-state index contributed by atoms with van der Waals surface area (Å²) < 4.78 is 30.7. The van der Waals surface area contributed by atoms with E-state index in [1.807, 2.05) is 69.3 Å². The maximum Gasteiger partial charge on any atom is 0.337 e. The van der Waals surface area contributed by atoms with Crippen LogP contribution in [0.1, 0.15) is 70.5 Å². The Morgan fingerprint density at radius 1 is 1.00 bits per heavy atom. The molecule has 1 saturated heterocycles. The predicted octanol–water partition coefficient (Wildman–Crippen LogP) is 10.2. The number of methoxy groups -OCH3 is 1. The molecule has 2 heterocycles. The minimum Gasteiger partial charge on any atom is -0.473 e. The summed E-state index contributed by atoms with van der Waals surface area (Å²) in [5.41, 5.74) is 7.61. The van der Waals surface area contributed by atoms with Crippen molar-refractivity contribution in [3.63, 3.8) is 0 Å². The van der Waals surface area contributed by atoms with Crippen LogP contribution in [0.15, 0.2) is 97.7 Å². The number of ether oxygens (including phenoxy) is 3. The van der Waals surface area contributed by atoms with Gasteiger partial charge in [-0.05, 0) is 54.8 Å². The molecule has 0 bridgehead atoms. The molecule has 7 nitrogen and oxygen atoms in total. The van der Waals surface area contributed by atoms with Gasteiger partial charge in [-0.2, -0.15) is 0 Å². The fraction of sp³-hybridized carbons (Fsp3) is 0.300. The molecule has 1 atom stereocenters. The second-order valence-corrected chi connectivity index (χ2v) is 10.8. The van der Waals surface area contributed by atoms with Crippen molar-refractivity contribution >= 4 is 22.9 Å². The summed E-state index contributed by atoms with van der Waals surface area (Å²) in [7, 11) is 1.37. The average Bonchev–Trinajstić information content (AvgIpc) is 3.05. The number of allylic oxidation sites excluding steroid dienone is 2. The zero-order valence-electron chi connectivity index (χ0n) is 27.0. The lowest BCUT2D eigenvalue weighted by Gasteiger charge is -2.27. The highest BCUT2D eigenvalue weighted by Crippen LogP contribution is 2.28. The maximum atomic E-state index is 14.5. The zero-order valence-corrected chi connectivity index (χ0v) is 27.0. The molecule has 3 aromatic carbocycles. The number of anilines is 2. The van der Waals surface area contributed by atoms with Crippen molar-refractivity contribution in [2.45, 2.75) is 61.2 Å². The number of pyridine rings is 1. The Hall–Kier alpha value is -4.95. The first-order chi connectivity index (χ1) is 22.3. The third-order valence-electron chi connectivity index (χ3n) is 7.38. The van der Waals surface area contributed by atoms with Gasteiger partial charge in [-0.15, -0.1) is 0 Å². The maximum absolute atomic E-state index is 14.5. The molecule has 0 radical (unpaired) electrons. The molecule has 258 valence electrons. The summed E-state index contributed by atoms with van der Waals surface area (Å²) in [6.45, 7) is 15.4. The van der Waals surface area contributed by atoms with Gasteiger partial charge in [0.2, 0.25) is 5.88 Å². The molecule has 1 aromatic heterocycles. The Kier molecular flexibility index (Phi) is 15.5. The van der Waals surface area contributed by atoms with E-state index < -0.39 is 5.97 Å². The standard InChI is InChI=1S/C36H36FN3O4.C2H6.2CH4.H2/c1-23(2)27-12-13-29(31(37)19-27)22-44-35-7-5-6-32(40-35)26-10-8-25(9-11-26)18-24(3)39-33-15-14-28(36(41)42-4)20-34(33)38-21-30-16-17-43-30;1-2;;;/h5-15,19-20,30,38-39H,1,3,16-18,21-22H2,2,4H3;1-2H3;2*1H4;1H/t30-;;;;/m0..../s1. The molecule has 0 spiro atoms. The van der Waals surface area contributed by atoms with E-state index in [0.717, 1.165) is 58.1 Å². The summed E-state index contributed by atoms with van der Waals surface area (Å²) in [6.07, 6.45) is 1.76. The normalized spacial score (nSPS) is 12.8. The average molecular weight is 658 g/mol. The number of aromatic nitrogens is 1. The van der Waals surface area contributed by atoms with Crippen LogP contribution in [0.3, 0.4) is 0 Å². The molecule has 4 aromatic rings. The van der Waals surface area contributed by atoms with E-state index in [4.69, 9.17) is 14.2 Å². The largest absolute Gasteiger partial charge is 0.473 e. The molecule has 48 heavy (non-hydrogen) atoms. The molecular weight excluding hydrogens is 605 g/mol. The molecule has 1 fully saturated rings. The van der Waals surface area contributed by atoms with E-state index in [2.05, 4.69) is 28.8 Å². The first-order valence-electron chi connectivity index (χ1n) is 15.4. The van der Waals surface area contributed by atoms with Crippen LogP contribution in [-0.2, 0) is 22.5 Å². The summed E-state index contributed by atoms with van der Waals surface area (Å²) in [5, 5.41) is 6.77. The highest BCUT2D eigenvalue weighted by Gasteiger charge is 2.19. The van der Waals surface area contributed by atoms with Gasteiger partial charge in [-0.1, -0.05) is 89.9 Å². The van der Waals surface area contributed by atoms with Crippen molar-refractivity contribution < 1.29 is 24.8 Å². The summed E-state index contributed by atoms with van der Waals surface area (Å²) in [6, 6.07) is 24.0. The van der Waals surface area contributed by atoms with Gasteiger partial charge in [0.15, 0.2) is 0 Å². The van der Waals surface area contributed by atoms with E-state index in [9.17, 15) is 9.18 Å². The second kappa shape index (κ2) is 19.0. The SMILES string of the molecule is C.C.C=C(Cc1ccc(-c2cccc(OCc3ccc(C(=C)C)cc3F)n2)cc1)Nc1ccc(C(=O)OC)cc1NC[C@@H]1CCO1.CC.[HH]. The van der Waals surface area contributed by atoms with Crippen molar-refractivity contribution in [3.8, 4) is 17.1 Å². The zero-order chi connectivity index (χ0) is 33.1. The number of hydrogen-bond acceptors (Lipinski definition) is 7. The number of hydrogen-bond donors (Lipinski definition) is 2. The number of rotatable bonds is 13. The molecule has 8 heteroatoms. The number of carbonyl (C=O) groups excluding carboxylic acids is 1. The van der Waals surface area contributed by atoms with Crippen LogP contribution < -0.4 is 15.4 Å². The van der Waals surface area contributed by atoms with Gasteiger partial charge < -0.3 is 24.8 Å². The summed E-state index contributed by atoms with van der Waals surface area (Å²) in [4.78, 5) is 16.7. The molecule has 1 aliphatic heterocycles. The molecule has 1 aliphatic rings. The minimum absolute atomic E-state index is 0. The molecule has 2 N–H and O–H groups in total. The Morgan fingerprint density at radius 3 is 2.33 bits per heavy atom. The van der Waals surface area contributed by atoms with Crippen LogP contribution in [0.4, 0.5) is 15.8 Å². The predicted molar refractivity (Wildman–Crippen MR) is 199 cm³/mol. The third kappa shape index (κ3) is 10.5. The van der Waals surface area contributed by atoms with Crippen molar-refractivity contribution in [1.29, 1.82) is 0 Å². The van der Waals surface area contributed by atoms with Crippen molar-refractivity contribution in [1.82, 2.24) is 4.98 Å². The fourth-order valence-corrected chi connectivity index (χ4v) is 4.73. The monoisotopic (exact) mass is 657 g/mol. The van der Waals surface area contributed by atoms with Crippen LogP contribution in [0, 0.1) is 5.82 Å². The van der Waals surface area contributed by atoms with Crippen molar-refractivity contribution in [3.05, 3.63) is 126 Å². The Bertz CT molecular complexity index is 1670. The highest BCUT2D eigenvalue weighted by molar-refractivity contribution is 5.92. The van der Waals surface area contributed by atoms with E-state index >= 15 is 0 Å². The van der Waals surface area contributed by atoms with Crippen LogP contribution in [-0.4, -0.2) is 37.3 Å². The van der Waals surface area contributed by atoms with E-state index in [-0.39, 0.29) is 34.8 Å². The van der Waals surface area contributed by atoms with Crippen LogP contribution in [0.2, 0.25) is 0 Å². The first-order valence-corrected chi connectivity index (χ1v) is 15.4. The Balaban J connectivity index is 0.00000236. The van der Waals surface area contributed by atoms with Crippen LogP contribution >= 0.6 is 0 Å². The molecule has 0 saturated carbocycles. The lowest BCUT2D eigenvalue weighted by Crippen LogP contribution is -2.33. The number of halogens is 1. The highest BCUT2D eigenvalue weighted by atomic mass is 19.1. The number of benzene rings is 3. The van der Waals surface area contributed by atoms with Gasteiger partial charge >= 0.3 is 5.97 Å². The van der Waals surface area contributed by atoms with Crippen LogP contribution in [0.5, 0.6) is 5.88 Å². The van der Waals surface area contributed by atoms with E-state index in [1.54, 1.807) is 24.3 Å². The summed E-state index contributed by atoms with van der Waals surface area (Å²) in [5.74, 6) is -0.311. The van der Waals surface area contributed by atoms with Gasteiger partial charge in [-0.25, -0.2) is 14.2 Å². The minimum atomic E-state index is -0.396. The van der Waals surface area contributed by atoms with Gasteiger partial charge in [0.1, 0.15) is 12.4 Å². The van der Waals surface area contributed by atoms with Gasteiger partial charge in [0.25, 0.3) is 0 Å². The lowest BCUT2D eigenvalue weighted by atomic mass is 10.0. The topological polar surface area (TPSA) is 81.7 Å². The molecule has 5 rings (SSSR count). The van der Waals surface area contributed by atoms with Crippen molar-refractivity contribution in [2.24, 2.45) is 0 Å². The third-order valence-corrected chi connectivity index (χ3v) is 7.38. The molecular formula is C40H52FN3O4. The molecule has 0 aliphatic carbocycles. The van der Waals surface area contributed by atoms with Crippen LogP contribution in [0.25, 0.3) is 16.8 Å². The number of carbonyl (C=O) groups is 1. The van der Waals surface area contributed by atoms with E-state index in [0.29, 0.717) is 30.0 Å². The number of nitrogens with one attached hydrogen (secondary N) is 2. The van der Waals surface area contributed by atoms with Gasteiger partial charge in [0.05, 0.1) is 35.8 Å². The van der Waals surface area contributed by atoms with Gasteiger partial charge in [-0.3, -0.25) is 0 Å². The van der Waals surface area contributed by atoms with E-state index in [1.165, 1.54) is 13.2 Å². The summed E-state index contributed by atoms with van der Waals surface area (Å²) >= 11 is 0. The lowest BCUT2D eigenvalue weighted by molar-refractivity contribution is -0.0410. The number of esters is 1. The molecule has 0 amide bonds. The Labute approximate surface area is 287 Å². The second-order valence-electron chi connectivity index (χ2n) is 10.8. The fourth-order valence-electron chi connectivity index (χ4n) is 4.73.